The van der Waals surface area contributed by atoms with Gasteiger partial charge in [0.25, 0.3) is 11.8 Å². The summed E-state index contributed by atoms with van der Waals surface area (Å²) in [5.41, 5.74) is 3.99. The van der Waals surface area contributed by atoms with Gasteiger partial charge >= 0.3 is 0 Å². The number of hydrogen-bond acceptors (Lipinski definition) is 3. The molecule has 0 unspecified atom stereocenters. The molecule has 1 saturated heterocycles. The summed E-state index contributed by atoms with van der Waals surface area (Å²) in [7, 11) is 0. The quantitative estimate of drug-likeness (QED) is 0.721. The van der Waals surface area contributed by atoms with Gasteiger partial charge in [0, 0.05) is 36.1 Å². The molecule has 3 rings (SSSR count). The molecule has 154 valence electrons. The van der Waals surface area contributed by atoms with Gasteiger partial charge in [-0.25, -0.2) is 0 Å². The highest BCUT2D eigenvalue weighted by molar-refractivity contribution is 6.06. The number of rotatable bonds is 7. The molecule has 0 aromatic heterocycles. The minimum atomic E-state index is -0.171. The number of nitrogens with zero attached hydrogens (tertiary/aromatic N) is 1. The monoisotopic (exact) mass is 393 g/mol. The molecule has 0 spiro atoms. The van der Waals surface area contributed by atoms with Crippen LogP contribution in [0.2, 0.25) is 0 Å². The van der Waals surface area contributed by atoms with Gasteiger partial charge in [0.1, 0.15) is 0 Å². The maximum Gasteiger partial charge on any atom is 0.255 e. The largest absolute Gasteiger partial charge is 0.371 e. The summed E-state index contributed by atoms with van der Waals surface area (Å²) in [5.74, 6) is -0.264. The zero-order chi connectivity index (χ0) is 20.8. The van der Waals surface area contributed by atoms with Gasteiger partial charge < -0.3 is 15.5 Å². The third-order valence-electron chi connectivity index (χ3n) is 5.56. The molecule has 0 aliphatic carbocycles. The second-order valence-corrected chi connectivity index (χ2v) is 7.71. The van der Waals surface area contributed by atoms with Crippen molar-refractivity contribution in [1.82, 2.24) is 5.32 Å². The lowest BCUT2D eigenvalue weighted by molar-refractivity contribution is 0.0938. The molecule has 29 heavy (non-hydrogen) atoms. The van der Waals surface area contributed by atoms with Crippen molar-refractivity contribution in [3.05, 3.63) is 59.2 Å². The zero-order valence-electron chi connectivity index (χ0n) is 17.6. The van der Waals surface area contributed by atoms with Gasteiger partial charge in [0.15, 0.2) is 0 Å². The van der Waals surface area contributed by atoms with Crippen LogP contribution in [-0.2, 0) is 6.42 Å². The Hall–Kier alpha value is -2.82. The average molecular weight is 394 g/mol. The van der Waals surface area contributed by atoms with Crippen molar-refractivity contribution in [2.24, 2.45) is 0 Å². The summed E-state index contributed by atoms with van der Waals surface area (Å²) in [4.78, 5) is 27.8. The molecule has 5 nitrogen and oxygen atoms in total. The van der Waals surface area contributed by atoms with Crippen molar-refractivity contribution in [2.75, 3.05) is 23.3 Å². The van der Waals surface area contributed by atoms with Gasteiger partial charge in [-0.3, -0.25) is 9.59 Å². The Bertz CT molecular complexity index is 855. The lowest BCUT2D eigenvalue weighted by Gasteiger charge is -2.23. The van der Waals surface area contributed by atoms with Gasteiger partial charge in [-0.05, 0) is 68.5 Å². The van der Waals surface area contributed by atoms with E-state index < -0.39 is 0 Å². The second kappa shape index (κ2) is 9.59. The van der Waals surface area contributed by atoms with Crippen LogP contribution < -0.4 is 15.5 Å². The minimum absolute atomic E-state index is 0.0929. The standard InChI is InChI=1S/C24H31N3O2/c1-4-17(3)25-24(29)21-16-20(12-13-22(21)27-14-6-7-15-27)26-23(28)19-10-8-18(5-2)9-11-19/h8-13,16-17H,4-7,14-15H2,1-3H3,(H,25,29)(H,26,28)/t17-/m1/s1. The fourth-order valence-corrected chi connectivity index (χ4v) is 3.53. The highest BCUT2D eigenvalue weighted by atomic mass is 16.2. The molecule has 0 saturated carbocycles. The molecule has 1 fully saturated rings. The van der Waals surface area contributed by atoms with Crippen LogP contribution in [0.5, 0.6) is 0 Å². The number of anilines is 2. The van der Waals surface area contributed by atoms with Crippen molar-refractivity contribution >= 4 is 23.2 Å². The Balaban J connectivity index is 1.84. The van der Waals surface area contributed by atoms with Crippen molar-refractivity contribution in [3.8, 4) is 0 Å². The molecule has 1 aliphatic heterocycles. The third-order valence-corrected chi connectivity index (χ3v) is 5.56. The van der Waals surface area contributed by atoms with Crippen LogP contribution in [0.25, 0.3) is 0 Å². The van der Waals surface area contributed by atoms with E-state index in [9.17, 15) is 9.59 Å². The molecule has 0 radical (unpaired) electrons. The molecule has 0 bridgehead atoms. The Morgan fingerprint density at radius 1 is 1.00 bits per heavy atom. The van der Waals surface area contributed by atoms with Crippen LogP contribution in [0, 0.1) is 0 Å². The van der Waals surface area contributed by atoms with Crippen molar-refractivity contribution < 1.29 is 9.59 Å². The maximum absolute atomic E-state index is 12.9. The first kappa shape index (κ1) is 20.9. The van der Waals surface area contributed by atoms with Crippen LogP contribution in [0.4, 0.5) is 11.4 Å². The minimum Gasteiger partial charge on any atom is -0.371 e. The van der Waals surface area contributed by atoms with Crippen LogP contribution >= 0.6 is 0 Å². The molecule has 2 aromatic rings. The number of amides is 2. The molecule has 5 heteroatoms. The number of aryl methyl sites for hydroxylation is 1. The van der Waals surface area contributed by atoms with E-state index in [-0.39, 0.29) is 17.9 Å². The van der Waals surface area contributed by atoms with Crippen LogP contribution in [-0.4, -0.2) is 30.9 Å². The fourth-order valence-electron chi connectivity index (χ4n) is 3.53. The van der Waals surface area contributed by atoms with E-state index in [1.54, 1.807) is 6.07 Å². The first-order chi connectivity index (χ1) is 14.0. The Morgan fingerprint density at radius 3 is 2.31 bits per heavy atom. The highest BCUT2D eigenvalue weighted by Crippen LogP contribution is 2.28. The number of nitrogens with one attached hydrogen (secondary N) is 2. The predicted octanol–water partition coefficient (Wildman–Crippen LogP) is 4.63. The normalized spacial score (nSPS) is 14.5. The summed E-state index contributed by atoms with van der Waals surface area (Å²) < 4.78 is 0. The summed E-state index contributed by atoms with van der Waals surface area (Å²) in [6.07, 6.45) is 4.08. The van der Waals surface area contributed by atoms with Crippen LogP contribution in [0.3, 0.4) is 0 Å². The fraction of sp³-hybridized carbons (Fsp3) is 0.417. The number of benzene rings is 2. The van der Waals surface area contributed by atoms with Gasteiger partial charge in [-0.2, -0.15) is 0 Å². The summed E-state index contributed by atoms with van der Waals surface area (Å²) >= 11 is 0. The van der Waals surface area contributed by atoms with E-state index in [4.69, 9.17) is 0 Å². The van der Waals surface area contributed by atoms with E-state index in [2.05, 4.69) is 22.5 Å². The lowest BCUT2D eigenvalue weighted by atomic mass is 10.1. The van der Waals surface area contributed by atoms with E-state index in [0.717, 1.165) is 44.5 Å². The number of carbonyl (C=O) groups is 2. The van der Waals surface area contributed by atoms with Gasteiger partial charge in [0.05, 0.1) is 5.56 Å². The van der Waals surface area contributed by atoms with E-state index in [1.807, 2.05) is 50.2 Å². The van der Waals surface area contributed by atoms with Gasteiger partial charge in [-0.15, -0.1) is 0 Å². The first-order valence-electron chi connectivity index (χ1n) is 10.6. The van der Waals surface area contributed by atoms with Gasteiger partial charge in [0.2, 0.25) is 0 Å². The Labute approximate surface area is 173 Å². The van der Waals surface area contributed by atoms with E-state index in [1.165, 1.54) is 5.56 Å². The lowest BCUT2D eigenvalue weighted by Crippen LogP contribution is -2.33. The van der Waals surface area contributed by atoms with E-state index in [0.29, 0.717) is 16.8 Å². The van der Waals surface area contributed by atoms with Crippen molar-refractivity contribution in [3.63, 3.8) is 0 Å². The van der Waals surface area contributed by atoms with Crippen LogP contribution in [0.15, 0.2) is 42.5 Å². The van der Waals surface area contributed by atoms with Crippen molar-refractivity contribution in [2.45, 2.75) is 52.5 Å². The maximum atomic E-state index is 12.9. The molecular weight excluding hydrogens is 362 g/mol. The van der Waals surface area contributed by atoms with Crippen molar-refractivity contribution in [1.29, 1.82) is 0 Å². The number of hydrogen-bond donors (Lipinski definition) is 2. The molecule has 1 aliphatic rings. The summed E-state index contributed by atoms with van der Waals surface area (Å²) in [6.45, 7) is 8.05. The molecule has 2 aromatic carbocycles. The number of carbonyl (C=O) groups excluding carboxylic acids is 2. The van der Waals surface area contributed by atoms with Gasteiger partial charge in [-0.1, -0.05) is 26.0 Å². The summed E-state index contributed by atoms with van der Waals surface area (Å²) in [5, 5.41) is 5.99. The van der Waals surface area contributed by atoms with Crippen LogP contribution in [0.1, 0.15) is 66.3 Å². The molecule has 2 N–H and O–H groups in total. The molecular formula is C24H31N3O2. The highest BCUT2D eigenvalue weighted by Gasteiger charge is 2.21. The summed E-state index contributed by atoms with van der Waals surface area (Å²) in [6, 6.07) is 13.3. The average Bonchev–Trinajstić information content (AvgIpc) is 3.28. The molecule has 2 amide bonds. The predicted molar refractivity (Wildman–Crippen MR) is 119 cm³/mol. The molecule has 1 atom stereocenters. The second-order valence-electron chi connectivity index (χ2n) is 7.71. The molecule has 1 heterocycles. The Morgan fingerprint density at radius 2 is 1.69 bits per heavy atom. The van der Waals surface area contributed by atoms with E-state index >= 15 is 0 Å². The first-order valence-corrected chi connectivity index (χ1v) is 10.6. The SMILES string of the molecule is CCc1ccc(C(=O)Nc2ccc(N3CCCC3)c(C(=O)N[C@H](C)CC)c2)cc1. The topological polar surface area (TPSA) is 61.4 Å². The Kier molecular flexibility index (Phi) is 6.91. The smallest absolute Gasteiger partial charge is 0.255 e. The zero-order valence-corrected chi connectivity index (χ0v) is 17.6. The third kappa shape index (κ3) is 5.17.